The van der Waals surface area contributed by atoms with Crippen LogP contribution in [-0.4, -0.2) is 17.2 Å². The van der Waals surface area contributed by atoms with E-state index in [0.717, 1.165) is 28.4 Å². The van der Waals surface area contributed by atoms with Crippen LogP contribution in [0.5, 0.6) is 11.5 Å². The summed E-state index contributed by atoms with van der Waals surface area (Å²) in [5.41, 5.74) is 14.1. The van der Waals surface area contributed by atoms with E-state index in [0.29, 0.717) is 0 Å². The average Bonchev–Trinajstić information content (AvgIpc) is 3.96. The van der Waals surface area contributed by atoms with E-state index in [1.165, 1.54) is 92.2 Å². The number of hydrogen-bond donors (Lipinski definition) is 0. The van der Waals surface area contributed by atoms with Crippen molar-refractivity contribution in [3.05, 3.63) is 267 Å². The second kappa shape index (κ2) is 16.1. The van der Waals surface area contributed by atoms with Crippen molar-refractivity contribution in [2.24, 2.45) is 0 Å². The summed E-state index contributed by atoms with van der Waals surface area (Å²) in [5, 5.41) is 10.1. The Morgan fingerprint density at radius 1 is 0.271 bits per heavy atom. The van der Waals surface area contributed by atoms with Gasteiger partial charge in [-0.2, -0.15) is 0 Å². The summed E-state index contributed by atoms with van der Waals surface area (Å²) in [6.07, 6.45) is 0. The third-order valence-electron chi connectivity index (χ3n) is 14.7. The van der Waals surface area contributed by atoms with Gasteiger partial charge in [-0.3, -0.25) is 0 Å². The smallest absolute Gasteiger partial charge is 0.188 e. The molecule has 3 heterocycles. The Labute approximate surface area is 407 Å². The second-order valence-corrected chi connectivity index (χ2v) is 22.0. The minimum atomic E-state index is -3.27. The molecule has 70 heavy (non-hydrogen) atoms. The zero-order valence-corrected chi connectivity index (χ0v) is 39.2. The van der Waals surface area contributed by atoms with E-state index in [1.807, 2.05) is 0 Å². The van der Waals surface area contributed by atoms with E-state index in [9.17, 15) is 0 Å². The van der Waals surface area contributed by atoms with Gasteiger partial charge in [0.15, 0.2) is 8.07 Å². The lowest BCUT2D eigenvalue weighted by atomic mass is 9.94. The topological polar surface area (TPSA) is 19.1 Å². The largest absolute Gasteiger partial charge is 0.458 e. The Balaban J connectivity index is 1.02. The molecule has 1 aliphatic heterocycles. The fraction of sp³-hybridized carbons (Fsp3) is 0. The maximum atomic E-state index is 7.20. The van der Waals surface area contributed by atoms with E-state index in [1.54, 1.807) is 0 Å². The molecule has 14 rings (SSSR count). The first-order valence-corrected chi connectivity index (χ1v) is 26.1. The zero-order chi connectivity index (χ0) is 46.2. The zero-order valence-electron chi connectivity index (χ0n) is 38.2. The normalized spacial score (nSPS) is 14.2. The first kappa shape index (κ1) is 40.1. The number of ether oxygens (including phenoxy) is 1. The van der Waals surface area contributed by atoms with Crippen molar-refractivity contribution in [2.45, 2.75) is 0 Å². The Bertz CT molecular complexity index is 4060. The lowest BCUT2D eigenvalue weighted by Gasteiger charge is -2.41. The molecule has 1 aliphatic rings. The Morgan fingerprint density at radius 3 is 1.36 bits per heavy atom. The van der Waals surface area contributed by atoms with Gasteiger partial charge >= 0.3 is 0 Å². The van der Waals surface area contributed by atoms with Gasteiger partial charge < -0.3 is 13.9 Å². The quantitative estimate of drug-likeness (QED) is 0.146. The Kier molecular flexibility index (Phi) is 9.23. The van der Waals surface area contributed by atoms with Crippen molar-refractivity contribution in [1.29, 1.82) is 0 Å². The van der Waals surface area contributed by atoms with Crippen LogP contribution < -0.4 is 25.5 Å². The molecule has 4 heteroatoms. The lowest BCUT2D eigenvalue weighted by molar-refractivity contribution is 0.487. The van der Waals surface area contributed by atoms with Gasteiger partial charge in [0.25, 0.3) is 0 Å². The molecule has 0 saturated carbocycles. The third-order valence-corrected chi connectivity index (χ3v) is 19.5. The van der Waals surface area contributed by atoms with E-state index in [2.05, 4.69) is 276 Å². The highest BCUT2D eigenvalue weighted by atomic mass is 28.3. The van der Waals surface area contributed by atoms with Gasteiger partial charge in [0.1, 0.15) is 11.5 Å². The molecule has 0 saturated heterocycles. The van der Waals surface area contributed by atoms with Crippen LogP contribution in [0.25, 0.3) is 88.4 Å². The minimum absolute atomic E-state index is 0.893. The first-order chi connectivity index (χ1) is 34.7. The number of hydrogen-bond acceptors (Lipinski definition) is 1. The van der Waals surface area contributed by atoms with Gasteiger partial charge in [-0.15, -0.1) is 0 Å². The van der Waals surface area contributed by atoms with Gasteiger partial charge in [-0.1, -0.05) is 206 Å². The molecular formula is C66H44N2OSi. The van der Waals surface area contributed by atoms with Crippen molar-refractivity contribution in [3.63, 3.8) is 0 Å². The van der Waals surface area contributed by atoms with E-state index in [-0.39, 0.29) is 0 Å². The van der Waals surface area contributed by atoms with Crippen molar-refractivity contribution in [3.8, 4) is 56.3 Å². The Hall–Kier alpha value is -8.96. The molecule has 0 fully saturated rings. The number of aromatic nitrogens is 2. The highest BCUT2D eigenvalue weighted by molar-refractivity contribution is 7.21. The summed E-state index contributed by atoms with van der Waals surface area (Å²) < 4.78 is 12.0. The van der Waals surface area contributed by atoms with Gasteiger partial charge in [-0.05, 0) is 115 Å². The molecule has 0 amide bonds. The van der Waals surface area contributed by atoms with Crippen molar-refractivity contribution >= 4 is 72.4 Å². The van der Waals surface area contributed by atoms with Crippen LogP contribution in [-0.2, 0) is 0 Å². The third kappa shape index (κ3) is 6.07. The van der Waals surface area contributed by atoms with Gasteiger partial charge in [0.2, 0.25) is 0 Å². The Morgan fingerprint density at radius 2 is 0.729 bits per heavy atom. The molecule has 0 aliphatic carbocycles. The standard InChI is InChI=1S/C66H44N2OSi/c1-2-19-45(20-3-1)51-23-4-5-24-52(51)47-39-42-66-63(43-47)69-62-34-15-17-36-65(62)70(66,50-22-18-21-49(44-50)68-60-32-13-8-28-56(60)57-29-9-14-33-61(57)68)64-35-16-10-25-53(64)46-37-40-48(41-38-46)67-58-30-11-6-26-54(58)55-27-7-12-31-59(55)67/h1-44H. The SMILES string of the molecule is c1ccc(-c2ccccc2-c2ccc3c(c2)Oc2ccccc2[Si]3(c2cccc(-n3c4ccccc4c4ccccc43)c2)c2ccccc2-c2ccc(-n3c4ccccc4c4ccccc43)cc2)cc1. The molecule has 0 spiro atoms. The van der Waals surface area contributed by atoms with Crippen molar-refractivity contribution in [2.75, 3.05) is 0 Å². The molecule has 1 atom stereocenters. The summed E-state index contributed by atoms with van der Waals surface area (Å²) in [6.45, 7) is 0. The summed E-state index contributed by atoms with van der Waals surface area (Å²) in [7, 11) is -3.27. The second-order valence-electron chi connectivity index (χ2n) is 18.4. The predicted molar refractivity (Wildman–Crippen MR) is 295 cm³/mol. The number of nitrogens with zero attached hydrogens (tertiary/aromatic N) is 2. The summed E-state index contributed by atoms with van der Waals surface area (Å²) in [6, 6.07) is 98.1. The highest BCUT2D eigenvalue weighted by Crippen LogP contribution is 2.39. The molecule has 2 aromatic heterocycles. The predicted octanol–water partition coefficient (Wildman–Crippen LogP) is 14.4. The van der Waals surface area contributed by atoms with Gasteiger partial charge in [-0.25, -0.2) is 0 Å². The highest BCUT2D eigenvalue weighted by Gasteiger charge is 2.49. The van der Waals surface area contributed by atoms with Crippen molar-refractivity contribution in [1.82, 2.24) is 9.13 Å². The van der Waals surface area contributed by atoms with Crippen LogP contribution in [0.1, 0.15) is 0 Å². The lowest BCUT2D eigenvalue weighted by Crippen LogP contribution is -2.76. The molecule has 11 aromatic carbocycles. The van der Waals surface area contributed by atoms with E-state index < -0.39 is 8.07 Å². The molecule has 13 aromatic rings. The molecule has 0 radical (unpaired) electrons. The summed E-state index contributed by atoms with van der Waals surface area (Å²) in [5.74, 6) is 1.79. The number of fused-ring (bicyclic) bond motifs is 8. The molecule has 328 valence electrons. The van der Waals surface area contributed by atoms with Crippen LogP contribution in [0, 0.1) is 0 Å². The first-order valence-electron chi connectivity index (χ1n) is 24.1. The van der Waals surface area contributed by atoms with Crippen LogP contribution in [0.3, 0.4) is 0 Å². The van der Waals surface area contributed by atoms with Gasteiger partial charge in [0, 0.05) is 32.9 Å². The van der Waals surface area contributed by atoms with Crippen LogP contribution in [0.15, 0.2) is 267 Å². The average molecular weight is 909 g/mol. The molecule has 0 bridgehead atoms. The van der Waals surface area contributed by atoms with Crippen molar-refractivity contribution < 1.29 is 4.74 Å². The summed E-state index contributed by atoms with van der Waals surface area (Å²) >= 11 is 0. The molecular weight excluding hydrogens is 865 g/mol. The van der Waals surface area contributed by atoms with Crippen LogP contribution in [0.2, 0.25) is 0 Å². The van der Waals surface area contributed by atoms with E-state index in [4.69, 9.17) is 4.74 Å². The monoisotopic (exact) mass is 908 g/mol. The molecule has 3 nitrogen and oxygen atoms in total. The fourth-order valence-corrected chi connectivity index (χ4v) is 16.9. The fourth-order valence-electron chi connectivity index (χ4n) is 11.7. The number of benzene rings is 11. The maximum Gasteiger partial charge on any atom is 0.188 e. The maximum absolute atomic E-state index is 7.20. The number of para-hydroxylation sites is 5. The molecule has 1 unspecified atom stereocenters. The molecule has 0 N–H and O–H groups in total. The minimum Gasteiger partial charge on any atom is -0.458 e. The van der Waals surface area contributed by atoms with Crippen LogP contribution >= 0.6 is 0 Å². The van der Waals surface area contributed by atoms with E-state index >= 15 is 0 Å². The summed E-state index contributed by atoms with van der Waals surface area (Å²) in [4.78, 5) is 0. The van der Waals surface area contributed by atoms with Gasteiger partial charge in [0.05, 0.1) is 22.1 Å². The number of rotatable bonds is 7. The van der Waals surface area contributed by atoms with Crippen LogP contribution in [0.4, 0.5) is 0 Å².